The van der Waals surface area contributed by atoms with E-state index in [4.69, 9.17) is 4.74 Å². The van der Waals surface area contributed by atoms with Crippen LogP contribution >= 0.6 is 11.3 Å². The van der Waals surface area contributed by atoms with Gasteiger partial charge in [-0.1, -0.05) is 0 Å². The molecular weight excluding hydrogens is 405 g/mol. The molecule has 1 saturated carbocycles. The maximum absolute atomic E-state index is 15.2. The van der Waals surface area contributed by atoms with Gasteiger partial charge in [-0.05, 0) is 62.8 Å². The average Bonchev–Trinajstić information content (AvgIpc) is 3.47. The SMILES string of the molecule is CCOC(=O)c1cn(C2CC2)c2cc(-c3cc4c(s3)CCCC4O)c(F)cc2c1=O. The Hall–Kier alpha value is -2.51. The first kappa shape index (κ1) is 19.5. The number of carbonyl (C=O) groups excluding carboxylic acids is 1. The number of esters is 1. The molecule has 0 aliphatic heterocycles. The van der Waals surface area contributed by atoms with Crippen LogP contribution in [0.2, 0.25) is 0 Å². The quantitative estimate of drug-likeness (QED) is 0.610. The number of aliphatic hydroxyl groups excluding tert-OH is 1. The molecule has 0 amide bonds. The number of pyridine rings is 1. The summed E-state index contributed by atoms with van der Waals surface area (Å²) in [6.45, 7) is 1.85. The first-order valence-corrected chi connectivity index (χ1v) is 11.2. The molecule has 1 fully saturated rings. The topological polar surface area (TPSA) is 68.5 Å². The number of ether oxygens (including phenoxy) is 1. The van der Waals surface area contributed by atoms with E-state index in [1.807, 2.05) is 10.6 Å². The van der Waals surface area contributed by atoms with Crippen molar-refractivity contribution in [3.63, 3.8) is 0 Å². The van der Waals surface area contributed by atoms with Crippen LogP contribution in [0.1, 0.15) is 65.6 Å². The Kier molecular flexibility index (Phi) is 4.75. The number of halogens is 1. The van der Waals surface area contributed by atoms with Gasteiger partial charge in [-0.25, -0.2) is 9.18 Å². The van der Waals surface area contributed by atoms with E-state index >= 15 is 4.39 Å². The predicted molar refractivity (Wildman–Crippen MR) is 114 cm³/mol. The van der Waals surface area contributed by atoms with Crippen molar-refractivity contribution in [1.82, 2.24) is 4.57 Å². The van der Waals surface area contributed by atoms with Gasteiger partial charge in [-0.2, -0.15) is 0 Å². The number of thiophene rings is 1. The van der Waals surface area contributed by atoms with Crippen LogP contribution in [0.5, 0.6) is 0 Å². The summed E-state index contributed by atoms with van der Waals surface area (Å²) in [5.41, 5.74) is 1.37. The van der Waals surface area contributed by atoms with Crippen LogP contribution in [0.3, 0.4) is 0 Å². The van der Waals surface area contributed by atoms with E-state index < -0.39 is 23.3 Å². The summed E-state index contributed by atoms with van der Waals surface area (Å²) >= 11 is 1.50. The van der Waals surface area contributed by atoms with E-state index in [1.54, 1.807) is 19.2 Å². The summed E-state index contributed by atoms with van der Waals surface area (Å²) in [5.74, 6) is -1.18. The molecule has 1 atom stereocenters. The number of fused-ring (bicyclic) bond motifs is 2. The summed E-state index contributed by atoms with van der Waals surface area (Å²) in [6, 6.07) is 5.02. The summed E-state index contributed by atoms with van der Waals surface area (Å²) in [7, 11) is 0. The molecular formula is C23H22FNO4S. The highest BCUT2D eigenvalue weighted by Gasteiger charge is 2.28. The normalized spacial score (nSPS) is 18.4. The van der Waals surface area contributed by atoms with Crippen LogP contribution in [0, 0.1) is 5.82 Å². The first-order valence-electron chi connectivity index (χ1n) is 10.3. The molecule has 1 aromatic carbocycles. The maximum Gasteiger partial charge on any atom is 0.343 e. The largest absolute Gasteiger partial charge is 0.462 e. The van der Waals surface area contributed by atoms with Crippen LogP contribution in [-0.2, 0) is 11.2 Å². The van der Waals surface area contributed by atoms with E-state index in [9.17, 15) is 14.7 Å². The third-order valence-electron chi connectivity index (χ3n) is 5.90. The van der Waals surface area contributed by atoms with Crippen molar-refractivity contribution in [1.29, 1.82) is 0 Å². The van der Waals surface area contributed by atoms with E-state index in [1.165, 1.54) is 17.4 Å². The Balaban J connectivity index is 1.70. The minimum Gasteiger partial charge on any atom is -0.462 e. The van der Waals surface area contributed by atoms with Crippen LogP contribution in [0.25, 0.3) is 21.3 Å². The van der Waals surface area contributed by atoms with Crippen molar-refractivity contribution in [2.45, 2.75) is 51.2 Å². The van der Waals surface area contributed by atoms with Crippen molar-refractivity contribution in [3.8, 4) is 10.4 Å². The lowest BCUT2D eigenvalue weighted by atomic mass is 9.95. The second-order valence-corrected chi connectivity index (χ2v) is 9.11. The van der Waals surface area contributed by atoms with Gasteiger partial charge in [0.05, 0.1) is 18.2 Å². The van der Waals surface area contributed by atoms with Gasteiger partial charge in [-0.15, -0.1) is 11.3 Å². The highest BCUT2D eigenvalue weighted by molar-refractivity contribution is 7.15. The van der Waals surface area contributed by atoms with Crippen LogP contribution < -0.4 is 5.43 Å². The van der Waals surface area contributed by atoms with Gasteiger partial charge in [0.2, 0.25) is 5.43 Å². The number of aromatic nitrogens is 1. The number of hydrogen-bond donors (Lipinski definition) is 1. The van der Waals surface area contributed by atoms with Gasteiger partial charge in [0, 0.05) is 32.9 Å². The summed E-state index contributed by atoms with van der Waals surface area (Å²) in [5, 5.41) is 10.5. The molecule has 7 heteroatoms. The van der Waals surface area contributed by atoms with Crippen LogP contribution in [0.15, 0.2) is 29.2 Å². The van der Waals surface area contributed by atoms with Gasteiger partial charge in [0.15, 0.2) is 0 Å². The van der Waals surface area contributed by atoms with Crippen LogP contribution in [0.4, 0.5) is 4.39 Å². The zero-order chi connectivity index (χ0) is 21.0. The molecule has 1 unspecified atom stereocenters. The van der Waals surface area contributed by atoms with Crippen molar-refractivity contribution in [2.75, 3.05) is 6.61 Å². The van der Waals surface area contributed by atoms with Gasteiger partial charge in [0.1, 0.15) is 11.4 Å². The third kappa shape index (κ3) is 3.17. The van der Waals surface area contributed by atoms with Crippen molar-refractivity contribution >= 4 is 28.2 Å². The van der Waals surface area contributed by atoms with Crippen LogP contribution in [-0.4, -0.2) is 22.2 Å². The minimum absolute atomic E-state index is 0.0573. The maximum atomic E-state index is 15.2. The second-order valence-electron chi connectivity index (χ2n) is 7.98. The molecule has 0 bridgehead atoms. The number of benzene rings is 1. The molecule has 30 heavy (non-hydrogen) atoms. The molecule has 0 saturated heterocycles. The molecule has 2 heterocycles. The third-order valence-corrected chi connectivity index (χ3v) is 7.15. The lowest BCUT2D eigenvalue weighted by molar-refractivity contribution is 0.0524. The molecule has 5 nitrogen and oxygen atoms in total. The number of carbonyl (C=O) groups is 1. The fourth-order valence-electron chi connectivity index (χ4n) is 4.23. The Labute approximate surface area is 176 Å². The molecule has 156 valence electrons. The number of rotatable bonds is 4. The Morgan fingerprint density at radius 2 is 2.10 bits per heavy atom. The summed E-state index contributed by atoms with van der Waals surface area (Å²) < 4.78 is 22.1. The van der Waals surface area contributed by atoms with E-state index in [2.05, 4.69) is 0 Å². The van der Waals surface area contributed by atoms with Gasteiger partial charge in [0.25, 0.3) is 0 Å². The fraction of sp³-hybridized carbons (Fsp3) is 0.391. The zero-order valence-electron chi connectivity index (χ0n) is 16.6. The molecule has 1 N–H and O–H groups in total. The monoisotopic (exact) mass is 427 g/mol. The fourth-order valence-corrected chi connectivity index (χ4v) is 5.51. The zero-order valence-corrected chi connectivity index (χ0v) is 17.4. The van der Waals surface area contributed by atoms with E-state index in [0.717, 1.165) is 47.4 Å². The standard InChI is InChI=1S/C23H22FNO4S/c1-2-29-23(28)16-11-25(12-6-7-12)18-9-13(17(24)8-14(18)22(16)27)21-10-15-19(26)4-3-5-20(15)30-21/h8-12,19,26H,2-7H2,1H3. The Bertz CT molecular complexity index is 1220. The molecule has 3 aromatic rings. The smallest absolute Gasteiger partial charge is 0.343 e. The first-order chi connectivity index (χ1) is 14.5. The van der Waals surface area contributed by atoms with E-state index in [-0.39, 0.29) is 23.6 Å². The Morgan fingerprint density at radius 1 is 1.30 bits per heavy atom. The molecule has 2 aromatic heterocycles. The summed E-state index contributed by atoms with van der Waals surface area (Å²) in [6.07, 6.45) is 5.50. The lowest BCUT2D eigenvalue weighted by Crippen LogP contribution is -2.21. The predicted octanol–water partition coefficient (Wildman–Crippen LogP) is 4.75. The van der Waals surface area contributed by atoms with Crippen molar-refractivity contribution in [2.24, 2.45) is 0 Å². The summed E-state index contributed by atoms with van der Waals surface area (Å²) in [4.78, 5) is 27.1. The second kappa shape index (κ2) is 7.32. The number of aliphatic hydroxyl groups is 1. The van der Waals surface area contributed by atoms with Crippen molar-refractivity contribution in [3.05, 3.63) is 56.4 Å². The molecule has 2 aliphatic carbocycles. The molecule has 2 aliphatic rings. The molecule has 0 spiro atoms. The highest BCUT2D eigenvalue weighted by atomic mass is 32.1. The highest BCUT2D eigenvalue weighted by Crippen LogP contribution is 2.42. The Morgan fingerprint density at radius 3 is 2.80 bits per heavy atom. The molecule has 0 radical (unpaired) electrons. The lowest BCUT2D eigenvalue weighted by Gasteiger charge is -2.16. The van der Waals surface area contributed by atoms with Gasteiger partial charge in [-0.3, -0.25) is 4.79 Å². The minimum atomic E-state index is -0.678. The van der Waals surface area contributed by atoms with Gasteiger partial charge >= 0.3 is 5.97 Å². The number of nitrogens with zero attached hydrogens (tertiary/aromatic N) is 1. The average molecular weight is 427 g/mol. The number of aryl methyl sites for hydroxylation is 1. The van der Waals surface area contributed by atoms with Crippen molar-refractivity contribution < 1.29 is 19.0 Å². The van der Waals surface area contributed by atoms with Gasteiger partial charge < -0.3 is 14.4 Å². The van der Waals surface area contributed by atoms with E-state index in [0.29, 0.717) is 11.1 Å². The molecule has 5 rings (SSSR count). The number of hydrogen-bond acceptors (Lipinski definition) is 5.